The van der Waals surface area contributed by atoms with Crippen LogP contribution >= 0.6 is 0 Å². The molecule has 2 aromatic rings. The van der Waals surface area contributed by atoms with Gasteiger partial charge in [-0.15, -0.1) is 0 Å². The second kappa shape index (κ2) is 14.5. The van der Waals surface area contributed by atoms with Gasteiger partial charge < -0.3 is 25.3 Å². The molecular formula is C37H56N4O4. The molecule has 1 heterocycles. The van der Waals surface area contributed by atoms with Gasteiger partial charge in [0.15, 0.2) is 0 Å². The molecule has 2 bridgehead atoms. The summed E-state index contributed by atoms with van der Waals surface area (Å²) in [6, 6.07) is 18.5. The van der Waals surface area contributed by atoms with Gasteiger partial charge in [-0.05, 0) is 93.1 Å². The number of hydrogen-bond acceptors (Lipinski definition) is 7. The third-order valence-electron chi connectivity index (χ3n) is 11.2. The zero-order chi connectivity index (χ0) is 32.3. The van der Waals surface area contributed by atoms with Gasteiger partial charge in [-0.1, -0.05) is 63.2 Å². The van der Waals surface area contributed by atoms with E-state index in [2.05, 4.69) is 105 Å². The molecule has 8 atom stereocenters. The molecule has 0 aromatic heterocycles. The molecule has 45 heavy (non-hydrogen) atoms. The number of hydroxylamine groups is 2. The summed E-state index contributed by atoms with van der Waals surface area (Å²) in [5.41, 5.74) is 3.86. The van der Waals surface area contributed by atoms with Crippen molar-refractivity contribution in [3.05, 3.63) is 65.7 Å². The normalized spacial score (nSPS) is 29.8. The lowest BCUT2D eigenvalue weighted by molar-refractivity contribution is -0.183. The minimum Gasteiger partial charge on any atom is -0.394 e. The lowest BCUT2D eigenvalue weighted by Crippen LogP contribution is -2.62. The Morgan fingerprint density at radius 3 is 2.44 bits per heavy atom. The van der Waals surface area contributed by atoms with Crippen LogP contribution < -0.4 is 10.2 Å². The van der Waals surface area contributed by atoms with Crippen LogP contribution in [-0.2, 0) is 22.6 Å². The van der Waals surface area contributed by atoms with Crippen LogP contribution in [0.4, 0.5) is 5.69 Å². The van der Waals surface area contributed by atoms with Crippen LogP contribution in [0.2, 0.25) is 0 Å². The molecular weight excluding hydrogens is 564 g/mol. The third kappa shape index (κ3) is 7.57. The Morgan fingerprint density at radius 2 is 1.80 bits per heavy atom. The van der Waals surface area contributed by atoms with Gasteiger partial charge in [-0.25, -0.2) is 0 Å². The number of benzene rings is 2. The molecule has 4 aliphatic rings. The first-order chi connectivity index (χ1) is 21.5. The summed E-state index contributed by atoms with van der Waals surface area (Å²) >= 11 is 0. The molecule has 3 aliphatic carbocycles. The fraction of sp³-hybridized carbons (Fsp3) is 0.649. The summed E-state index contributed by atoms with van der Waals surface area (Å²) in [5, 5.41) is 26.1. The fourth-order valence-corrected chi connectivity index (χ4v) is 8.33. The highest BCUT2D eigenvalue weighted by Gasteiger charge is 2.57. The number of fused-ring (bicyclic) bond motifs is 2. The van der Waals surface area contributed by atoms with Crippen molar-refractivity contribution < 1.29 is 19.8 Å². The molecule has 3 saturated carbocycles. The molecule has 0 unspecified atom stereocenters. The zero-order valence-corrected chi connectivity index (χ0v) is 28.2. The van der Waals surface area contributed by atoms with E-state index in [0.717, 1.165) is 50.1 Å². The van der Waals surface area contributed by atoms with Crippen LogP contribution in [0.3, 0.4) is 0 Å². The second-order valence-electron chi connectivity index (χ2n) is 14.8. The lowest BCUT2D eigenvalue weighted by atomic mass is 9.45. The van der Waals surface area contributed by atoms with Crippen molar-refractivity contribution in [3.8, 4) is 0 Å². The van der Waals surface area contributed by atoms with Crippen LogP contribution in [0.15, 0.2) is 54.6 Å². The number of anilines is 1. The molecule has 0 radical (unpaired) electrons. The number of nitrogens with one attached hydrogen (secondary N) is 1. The summed E-state index contributed by atoms with van der Waals surface area (Å²) in [6.45, 7) is 11.6. The van der Waals surface area contributed by atoms with E-state index in [0.29, 0.717) is 29.7 Å². The number of aryl methyl sites for hydroxylation is 1. The number of likely N-dealkylation sites (N-methyl/N-ethyl adjacent to an activating group) is 1. The van der Waals surface area contributed by atoms with Crippen LogP contribution in [-0.4, -0.2) is 90.7 Å². The Balaban J connectivity index is 1.31. The quantitative estimate of drug-likeness (QED) is 0.290. The van der Waals surface area contributed by atoms with E-state index < -0.39 is 24.2 Å². The number of hydrogen-bond donors (Lipinski definition) is 3. The third-order valence-corrected chi connectivity index (χ3v) is 11.2. The predicted molar refractivity (Wildman–Crippen MR) is 180 cm³/mol. The maximum atomic E-state index is 14.0. The summed E-state index contributed by atoms with van der Waals surface area (Å²) in [7, 11) is 4.20. The van der Waals surface area contributed by atoms with E-state index in [1.807, 2.05) is 0 Å². The van der Waals surface area contributed by atoms with E-state index in [1.54, 1.807) is 12.0 Å². The SMILES string of the molecule is C[C@@H]1[C@@H](NC(=O)[C@@H]2[C@H]([C@H](C)O)[C@H](CO)ON2Cc2cccc(N(CCCc3ccccc3)CCN(C)C)c2)C[C@@H]2C[C@H]1C2(C)C. The highest BCUT2D eigenvalue weighted by Crippen LogP contribution is 2.61. The van der Waals surface area contributed by atoms with Crippen molar-refractivity contribution in [3.63, 3.8) is 0 Å². The van der Waals surface area contributed by atoms with Crippen molar-refractivity contribution in [1.82, 2.24) is 15.3 Å². The molecule has 3 N–H and O–H groups in total. The van der Waals surface area contributed by atoms with Gasteiger partial charge in [0.1, 0.15) is 12.1 Å². The first-order valence-corrected chi connectivity index (χ1v) is 17.0. The number of carbonyl (C=O) groups excluding carboxylic acids is 1. The largest absolute Gasteiger partial charge is 0.394 e. The van der Waals surface area contributed by atoms with Crippen molar-refractivity contribution in [2.45, 2.75) is 84.2 Å². The average molecular weight is 621 g/mol. The second-order valence-corrected chi connectivity index (χ2v) is 14.8. The van der Waals surface area contributed by atoms with E-state index in [9.17, 15) is 15.0 Å². The molecule has 4 fully saturated rings. The van der Waals surface area contributed by atoms with Gasteiger partial charge in [0.25, 0.3) is 0 Å². The average Bonchev–Trinajstić information content (AvgIpc) is 3.38. The molecule has 248 valence electrons. The van der Waals surface area contributed by atoms with Crippen molar-refractivity contribution in [1.29, 1.82) is 0 Å². The molecule has 0 spiro atoms. The van der Waals surface area contributed by atoms with Gasteiger partial charge in [-0.3, -0.25) is 9.63 Å². The van der Waals surface area contributed by atoms with Gasteiger partial charge in [0.2, 0.25) is 5.91 Å². The number of nitrogens with zero attached hydrogens (tertiary/aromatic N) is 3. The van der Waals surface area contributed by atoms with Crippen molar-refractivity contribution >= 4 is 11.6 Å². The van der Waals surface area contributed by atoms with Crippen molar-refractivity contribution in [2.75, 3.05) is 45.2 Å². The summed E-state index contributed by atoms with van der Waals surface area (Å²) in [6.07, 6.45) is 2.86. The van der Waals surface area contributed by atoms with Crippen LogP contribution in [0.5, 0.6) is 0 Å². The van der Waals surface area contributed by atoms with E-state index >= 15 is 0 Å². The molecule has 6 rings (SSSR count). The van der Waals surface area contributed by atoms with Gasteiger partial charge in [-0.2, -0.15) is 5.06 Å². The first kappa shape index (κ1) is 33.9. The van der Waals surface area contributed by atoms with Crippen LogP contribution in [0, 0.1) is 29.1 Å². The van der Waals surface area contributed by atoms with Crippen molar-refractivity contribution in [2.24, 2.45) is 29.1 Å². The first-order valence-electron chi connectivity index (χ1n) is 17.0. The standard InChI is InChI=1S/C37H56N4O4/c1-25-31-21-29(37(31,3)4)22-32(25)38-36(44)35-34(26(2)43)33(24-42)45-41(35)23-28-14-10-16-30(20-28)40(19-18-39(5)6)17-11-15-27-12-8-7-9-13-27/h7-10,12-14,16,20,25-26,29,31-35,42-43H,11,15,17-19,21-24H2,1-6H3,(H,38,44)/t25-,26-,29-,31+,32-,33-,34+,35-/m0/s1. The predicted octanol–water partition coefficient (Wildman–Crippen LogP) is 4.35. The molecule has 1 aliphatic heterocycles. The summed E-state index contributed by atoms with van der Waals surface area (Å²) < 4.78 is 0. The fourth-order valence-electron chi connectivity index (χ4n) is 8.33. The Labute approximate surface area is 270 Å². The maximum Gasteiger partial charge on any atom is 0.240 e. The molecule has 8 nitrogen and oxygen atoms in total. The Kier molecular flexibility index (Phi) is 10.9. The van der Waals surface area contributed by atoms with Gasteiger partial charge in [0.05, 0.1) is 19.3 Å². The summed E-state index contributed by atoms with van der Waals surface area (Å²) in [5.74, 6) is 0.995. The maximum absolute atomic E-state index is 14.0. The Morgan fingerprint density at radius 1 is 1.07 bits per heavy atom. The number of aliphatic hydroxyl groups is 2. The lowest BCUT2D eigenvalue weighted by Gasteiger charge is -2.62. The van der Waals surface area contributed by atoms with E-state index in [-0.39, 0.29) is 18.6 Å². The van der Waals surface area contributed by atoms with Gasteiger partial charge in [0, 0.05) is 37.3 Å². The highest BCUT2D eigenvalue weighted by atomic mass is 16.7. The zero-order valence-electron chi connectivity index (χ0n) is 28.2. The number of amides is 1. The highest BCUT2D eigenvalue weighted by molar-refractivity contribution is 5.82. The molecule has 1 amide bonds. The number of aliphatic hydroxyl groups excluding tert-OH is 2. The minimum absolute atomic E-state index is 0.113. The smallest absolute Gasteiger partial charge is 0.240 e. The van der Waals surface area contributed by atoms with E-state index in [1.165, 1.54) is 12.0 Å². The molecule has 8 heteroatoms. The number of rotatable bonds is 14. The molecule has 1 saturated heterocycles. The monoisotopic (exact) mass is 620 g/mol. The number of carbonyl (C=O) groups is 1. The Bertz CT molecular complexity index is 1250. The van der Waals surface area contributed by atoms with E-state index in [4.69, 9.17) is 4.84 Å². The van der Waals surface area contributed by atoms with Gasteiger partial charge >= 0.3 is 0 Å². The molecule has 2 aromatic carbocycles. The Hall–Kier alpha value is -2.49. The minimum atomic E-state index is -0.809. The topological polar surface area (TPSA) is 88.5 Å². The van der Waals surface area contributed by atoms with Crippen LogP contribution in [0.25, 0.3) is 0 Å². The van der Waals surface area contributed by atoms with Crippen LogP contribution in [0.1, 0.15) is 58.1 Å². The summed E-state index contributed by atoms with van der Waals surface area (Å²) in [4.78, 5) is 24.9.